The molecular weight excluding hydrogens is 623 g/mol. The fourth-order valence-corrected chi connectivity index (χ4v) is 11.2. The van der Waals surface area contributed by atoms with Gasteiger partial charge in [-0.1, -0.05) is 42.2 Å². The van der Waals surface area contributed by atoms with E-state index in [4.69, 9.17) is 0 Å². The topological polar surface area (TPSA) is 77.5 Å². The minimum Gasteiger partial charge on any atom is -0.224 e. The van der Waals surface area contributed by atoms with Crippen LogP contribution in [0, 0.1) is 0 Å². The van der Waals surface area contributed by atoms with Gasteiger partial charge in [-0.25, -0.2) is 12.0 Å². The fraction of sp³-hybridized carbons (Fsp3) is 0.565. The Morgan fingerprint density at radius 1 is 0.775 bits per heavy atom. The van der Waals surface area contributed by atoms with Crippen LogP contribution in [0.4, 0.5) is 39.5 Å². The summed E-state index contributed by atoms with van der Waals surface area (Å²) in [7, 11) is -14.1. The van der Waals surface area contributed by atoms with Crippen LogP contribution in [0.25, 0.3) is 10.8 Å². The summed E-state index contributed by atoms with van der Waals surface area (Å²) in [5.41, 5.74) is 0. The Bertz CT molecular complexity index is 1450. The quantitative estimate of drug-likeness (QED) is 0.187. The molecule has 0 aromatic heterocycles. The van der Waals surface area contributed by atoms with Gasteiger partial charge in [0.2, 0.25) is 0 Å². The van der Waals surface area contributed by atoms with Gasteiger partial charge in [-0.05, 0) is 54.3 Å². The van der Waals surface area contributed by atoms with E-state index in [0.717, 1.165) is 6.42 Å². The van der Waals surface area contributed by atoms with Crippen LogP contribution in [0.1, 0.15) is 39.0 Å². The average Bonchev–Trinajstić information content (AvgIpc) is 3.31. The highest BCUT2D eigenvalue weighted by molar-refractivity contribution is 8.33. The van der Waals surface area contributed by atoms with Gasteiger partial charge in [-0.2, -0.15) is 47.9 Å². The van der Waals surface area contributed by atoms with Crippen molar-refractivity contribution in [3.05, 3.63) is 36.4 Å². The highest BCUT2D eigenvalue weighted by atomic mass is 32.3. The third-order valence-electron chi connectivity index (χ3n) is 6.44. The zero-order chi connectivity index (χ0) is 30.4. The monoisotopic (exact) mass is 648 g/mol. The number of benzene rings is 2. The first-order valence-corrected chi connectivity index (χ1v) is 16.8. The molecule has 40 heavy (non-hydrogen) atoms. The Balaban J connectivity index is 2.01. The van der Waals surface area contributed by atoms with Crippen molar-refractivity contribution in [3.8, 4) is 0 Å². The third kappa shape index (κ3) is 5.67. The Kier molecular flexibility index (Phi) is 8.89. The van der Waals surface area contributed by atoms with Crippen LogP contribution >= 0.6 is 10.3 Å². The van der Waals surface area contributed by atoms with E-state index in [1.807, 2.05) is 6.92 Å². The molecule has 1 fully saturated rings. The molecule has 0 amide bonds. The van der Waals surface area contributed by atoms with Crippen molar-refractivity contribution < 1.29 is 60.0 Å². The fourth-order valence-electron chi connectivity index (χ4n) is 4.13. The minimum absolute atomic E-state index is 0.00178. The molecule has 2 aromatic carbocycles. The summed E-state index contributed by atoms with van der Waals surface area (Å²) in [6.45, 7) is 1.90. The molecule has 0 saturated carbocycles. The lowest BCUT2D eigenvalue weighted by Gasteiger charge is -2.38. The molecule has 1 saturated heterocycles. The standard InChI is InChI=1S/C23H25F9O5S3/c1-2-3-4-13-39(33,34)19-10-8-16-14-18(9-7-17(16)15-19)38(11-5-6-12-38)37-40(35,36)23(31,32)21(26,27)20(24,25)22(28,29)30/h7-10,14-15H,2-6,11-13H2,1H3. The summed E-state index contributed by atoms with van der Waals surface area (Å²) in [5, 5.41) is -6.30. The molecule has 0 bridgehead atoms. The zero-order valence-electron chi connectivity index (χ0n) is 20.8. The molecule has 228 valence electrons. The molecular formula is C23H25F9O5S3. The molecule has 1 aliphatic heterocycles. The van der Waals surface area contributed by atoms with Crippen molar-refractivity contribution in [2.45, 2.75) is 72.1 Å². The first-order chi connectivity index (χ1) is 18.2. The van der Waals surface area contributed by atoms with Gasteiger partial charge in [0.25, 0.3) is 0 Å². The molecule has 2 aromatic rings. The predicted molar refractivity (Wildman–Crippen MR) is 131 cm³/mol. The van der Waals surface area contributed by atoms with Gasteiger partial charge < -0.3 is 0 Å². The summed E-state index contributed by atoms with van der Waals surface area (Å²) in [6.07, 6.45) is -4.92. The zero-order valence-corrected chi connectivity index (χ0v) is 23.2. The summed E-state index contributed by atoms with van der Waals surface area (Å²) in [5.74, 6) is -15.4. The van der Waals surface area contributed by atoms with Crippen LogP contribution < -0.4 is 0 Å². The van der Waals surface area contributed by atoms with Gasteiger partial charge in [0, 0.05) is 16.4 Å². The number of unbranched alkanes of at least 4 members (excludes halogenated alkanes) is 2. The van der Waals surface area contributed by atoms with Crippen molar-refractivity contribution in [2.24, 2.45) is 0 Å². The third-order valence-corrected chi connectivity index (χ3v) is 13.9. The molecule has 0 unspecified atom stereocenters. The van der Waals surface area contributed by atoms with E-state index in [2.05, 4.69) is 3.63 Å². The van der Waals surface area contributed by atoms with Gasteiger partial charge in [-0.15, -0.1) is 0 Å². The molecule has 3 rings (SSSR count). The molecule has 0 spiro atoms. The van der Waals surface area contributed by atoms with Crippen molar-refractivity contribution in [1.29, 1.82) is 0 Å². The van der Waals surface area contributed by atoms with E-state index >= 15 is 0 Å². The van der Waals surface area contributed by atoms with Gasteiger partial charge in [0.15, 0.2) is 9.84 Å². The van der Waals surface area contributed by atoms with Gasteiger partial charge in [0.05, 0.1) is 10.6 Å². The van der Waals surface area contributed by atoms with Crippen molar-refractivity contribution in [2.75, 3.05) is 17.3 Å². The largest absolute Gasteiger partial charge is 0.460 e. The maximum absolute atomic E-state index is 14.4. The second-order valence-electron chi connectivity index (χ2n) is 9.31. The Morgan fingerprint density at radius 3 is 1.88 bits per heavy atom. The van der Waals surface area contributed by atoms with E-state index in [1.165, 1.54) is 36.4 Å². The summed E-state index contributed by atoms with van der Waals surface area (Å²) in [4.78, 5) is -0.0700. The molecule has 0 aliphatic carbocycles. The number of sulfone groups is 1. The van der Waals surface area contributed by atoms with Crippen LogP contribution in [-0.2, 0) is 23.6 Å². The lowest BCUT2D eigenvalue weighted by Crippen LogP contribution is -2.63. The van der Waals surface area contributed by atoms with E-state index in [-0.39, 0.29) is 39.9 Å². The summed E-state index contributed by atoms with van der Waals surface area (Å²) >= 11 is 0. The molecule has 0 radical (unpaired) electrons. The number of alkyl halides is 9. The molecule has 0 atom stereocenters. The van der Waals surface area contributed by atoms with Gasteiger partial charge in [-0.3, -0.25) is 0 Å². The number of fused-ring (bicyclic) bond motifs is 1. The lowest BCUT2D eigenvalue weighted by molar-refractivity contribution is -0.382. The van der Waals surface area contributed by atoms with Crippen molar-refractivity contribution in [3.63, 3.8) is 0 Å². The number of hydrogen-bond donors (Lipinski definition) is 0. The lowest BCUT2D eigenvalue weighted by atomic mass is 10.1. The molecule has 17 heteroatoms. The van der Waals surface area contributed by atoms with Crippen molar-refractivity contribution in [1.82, 2.24) is 0 Å². The van der Waals surface area contributed by atoms with Crippen LogP contribution in [0.3, 0.4) is 0 Å². The molecule has 1 heterocycles. The van der Waals surface area contributed by atoms with E-state index in [9.17, 15) is 56.3 Å². The average molecular weight is 649 g/mol. The maximum Gasteiger partial charge on any atom is 0.460 e. The second-order valence-corrected chi connectivity index (χ2v) is 16.3. The van der Waals surface area contributed by atoms with Crippen LogP contribution in [0.5, 0.6) is 0 Å². The summed E-state index contributed by atoms with van der Waals surface area (Å²) in [6, 6.07) is 7.75. The SMILES string of the molecule is CCCCCS(=O)(=O)c1ccc2cc(S3(OS(=O)(=O)C(F)(F)C(F)(F)C(F)(F)C(F)(F)F)CCCC3)ccc2c1. The molecule has 0 N–H and O–H groups in total. The van der Waals surface area contributed by atoms with Crippen LogP contribution in [-0.4, -0.2) is 57.4 Å². The first-order valence-electron chi connectivity index (χ1n) is 11.9. The molecule has 5 nitrogen and oxygen atoms in total. The first kappa shape index (κ1) is 32.8. The number of hydrogen-bond acceptors (Lipinski definition) is 5. The minimum atomic E-state index is -7.39. The molecule has 1 aliphatic rings. The predicted octanol–water partition coefficient (Wildman–Crippen LogP) is 7.45. The highest BCUT2D eigenvalue weighted by Crippen LogP contribution is 2.65. The summed E-state index contributed by atoms with van der Waals surface area (Å²) < 4.78 is 175. The maximum atomic E-state index is 14.4. The normalized spacial score (nSPS) is 18.2. The van der Waals surface area contributed by atoms with Gasteiger partial charge in [0.1, 0.15) is 0 Å². The number of halogens is 9. The smallest absolute Gasteiger partial charge is 0.224 e. The van der Waals surface area contributed by atoms with Crippen LogP contribution in [0.15, 0.2) is 46.2 Å². The van der Waals surface area contributed by atoms with E-state index < -0.39 is 53.5 Å². The van der Waals surface area contributed by atoms with Crippen LogP contribution in [0.2, 0.25) is 0 Å². The van der Waals surface area contributed by atoms with Gasteiger partial charge >= 0.3 is 33.4 Å². The Hall–Kier alpha value is -1.72. The Morgan fingerprint density at radius 2 is 1.32 bits per heavy atom. The highest BCUT2D eigenvalue weighted by Gasteiger charge is 2.86. The van der Waals surface area contributed by atoms with E-state index in [1.54, 1.807) is 0 Å². The second kappa shape index (κ2) is 10.8. The Labute approximate surface area is 226 Å². The van der Waals surface area contributed by atoms with Crippen molar-refractivity contribution >= 4 is 41.0 Å². The van der Waals surface area contributed by atoms with E-state index in [0.29, 0.717) is 23.6 Å². The number of rotatable bonds is 11.